The Morgan fingerprint density at radius 1 is 0.269 bits per heavy atom. The van der Waals surface area contributed by atoms with Crippen LogP contribution in [0.4, 0.5) is 0 Å². The molecule has 0 spiro atoms. The van der Waals surface area contributed by atoms with Crippen molar-refractivity contribution < 1.29 is 80.2 Å². The Bertz CT molecular complexity index is 1830. The van der Waals surface area contributed by atoms with Gasteiger partial charge in [0.15, 0.2) is 12.2 Å². The SMILES string of the molecule is CC(C)CCCCCCCCCCCCCCCCCCC(=O)O[C@H](COC(=O)CCCCCCCCCCCCCCC(C)C)COP(=O)(O)OCC(O)COP(=O)(O)OC[C@@H](COC(=O)CCCCCCCCCC(C)C)OC(=O)CCCCCCCCC(C)C. The maximum atomic E-state index is 13.1. The largest absolute Gasteiger partial charge is 0.472 e. The third-order valence-electron chi connectivity index (χ3n) is 17.1. The molecule has 19 heteroatoms. The van der Waals surface area contributed by atoms with Crippen molar-refractivity contribution >= 4 is 39.5 Å². The zero-order chi connectivity index (χ0) is 68.9. The number of rotatable bonds is 71. The number of unbranched alkanes of at least 4 members (excludes halogenated alkanes) is 37. The number of carbonyl (C=O) groups is 4. The van der Waals surface area contributed by atoms with Gasteiger partial charge in [0.1, 0.15) is 19.3 Å². The molecule has 5 atom stereocenters. The van der Waals surface area contributed by atoms with Crippen LogP contribution >= 0.6 is 15.6 Å². The summed E-state index contributed by atoms with van der Waals surface area (Å²) in [6, 6.07) is 0. The molecule has 17 nitrogen and oxygen atoms in total. The van der Waals surface area contributed by atoms with E-state index in [1.807, 2.05) is 0 Å². The summed E-state index contributed by atoms with van der Waals surface area (Å²) in [5, 5.41) is 10.6. The molecule has 3 unspecified atom stereocenters. The zero-order valence-electron chi connectivity index (χ0n) is 60.9. The number of esters is 4. The number of hydrogen-bond donors (Lipinski definition) is 3. The number of aliphatic hydroxyl groups excluding tert-OH is 1. The molecule has 0 heterocycles. The fraction of sp³-hybridized carbons (Fsp3) is 0.946. The third kappa shape index (κ3) is 68.4. The summed E-state index contributed by atoms with van der Waals surface area (Å²) in [6.45, 7) is 14.1. The topological polar surface area (TPSA) is 237 Å². The Morgan fingerprint density at radius 3 is 0.667 bits per heavy atom. The lowest BCUT2D eigenvalue weighted by atomic mass is 10.0. The molecule has 0 aromatic rings. The average molecular weight is 1370 g/mol. The first kappa shape index (κ1) is 91.1. The maximum Gasteiger partial charge on any atom is 0.472 e. The van der Waals surface area contributed by atoms with E-state index in [1.54, 1.807) is 0 Å². The molecule has 0 aliphatic heterocycles. The van der Waals surface area contributed by atoms with Crippen LogP contribution in [0.2, 0.25) is 0 Å². The zero-order valence-corrected chi connectivity index (χ0v) is 62.7. The van der Waals surface area contributed by atoms with Crippen molar-refractivity contribution in [2.24, 2.45) is 23.7 Å². The first-order valence-corrected chi connectivity index (χ1v) is 41.2. The maximum absolute atomic E-state index is 13.1. The van der Waals surface area contributed by atoms with Crippen LogP contribution < -0.4 is 0 Å². The molecule has 0 amide bonds. The molecule has 0 rings (SSSR count). The van der Waals surface area contributed by atoms with Crippen molar-refractivity contribution in [1.82, 2.24) is 0 Å². The highest BCUT2D eigenvalue weighted by molar-refractivity contribution is 7.47. The molecule has 0 saturated carbocycles. The van der Waals surface area contributed by atoms with E-state index in [4.69, 9.17) is 37.0 Å². The van der Waals surface area contributed by atoms with Gasteiger partial charge in [-0.25, -0.2) is 9.13 Å². The number of ether oxygens (including phenoxy) is 4. The highest BCUT2D eigenvalue weighted by Gasteiger charge is 2.30. The van der Waals surface area contributed by atoms with E-state index in [0.717, 1.165) is 108 Å². The summed E-state index contributed by atoms with van der Waals surface area (Å²) in [7, 11) is -9.91. The quantitative estimate of drug-likeness (QED) is 0.0222. The molecule has 93 heavy (non-hydrogen) atoms. The summed E-state index contributed by atoms with van der Waals surface area (Å²) < 4.78 is 68.4. The van der Waals surface area contributed by atoms with E-state index in [2.05, 4.69) is 55.4 Å². The number of phosphoric acid groups is 2. The molecule has 0 aliphatic carbocycles. The predicted molar refractivity (Wildman–Crippen MR) is 377 cm³/mol. The highest BCUT2D eigenvalue weighted by atomic mass is 31.2. The van der Waals surface area contributed by atoms with Crippen LogP contribution in [0.1, 0.15) is 370 Å². The van der Waals surface area contributed by atoms with Crippen LogP contribution in [-0.2, 0) is 65.4 Å². The van der Waals surface area contributed by atoms with Crippen molar-refractivity contribution in [3.63, 3.8) is 0 Å². The summed E-state index contributed by atoms with van der Waals surface area (Å²) in [5.41, 5.74) is 0. The van der Waals surface area contributed by atoms with Crippen LogP contribution in [0.15, 0.2) is 0 Å². The Morgan fingerprint density at radius 2 is 0.452 bits per heavy atom. The van der Waals surface area contributed by atoms with E-state index < -0.39 is 97.5 Å². The van der Waals surface area contributed by atoms with E-state index in [-0.39, 0.29) is 25.7 Å². The minimum absolute atomic E-state index is 0.101. The first-order valence-electron chi connectivity index (χ1n) is 38.2. The summed E-state index contributed by atoms with van der Waals surface area (Å²) in [5.74, 6) is 0.837. The van der Waals surface area contributed by atoms with Gasteiger partial charge in [-0.05, 0) is 49.4 Å². The molecular formula is C74H144O17P2. The summed E-state index contributed by atoms with van der Waals surface area (Å²) in [6.07, 6.45) is 47.5. The van der Waals surface area contributed by atoms with Crippen molar-refractivity contribution in [3.05, 3.63) is 0 Å². The average Bonchev–Trinajstić information content (AvgIpc) is 3.73. The molecular weight excluding hydrogens is 1220 g/mol. The van der Waals surface area contributed by atoms with Gasteiger partial charge in [0.2, 0.25) is 0 Å². The number of phosphoric ester groups is 2. The molecule has 0 fully saturated rings. The molecule has 0 bridgehead atoms. The molecule has 0 aliphatic rings. The third-order valence-corrected chi connectivity index (χ3v) is 19.0. The van der Waals surface area contributed by atoms with E-state index in [0.29, 0.717) is 37.5 Å². The monoisotopic (exact) mass is 1370 g/mol. The van der Waals surface area contributed by atoms with Crippen molar-refractivity contribution in [3.8, 4) is 0 Å². The Labute approximate surface area is 568 Å². The van der Waals surface area contributed by atoms with E-state index >= 15 is 0 Å². The van der Waals surface area contributed by atoms with Crippen LogP contribution in [0.25, 0.3) is 0 Å². The van der Waals surface area contributed by atoms with Crippen molar-refractivity contribution in [2.75, 3.05) is 39.6 Å². The van der Waals surface area contributed by atoms with Crippen LogP contribution in [0.5, 0.6) is 0 Å². The molecule has 0 radical (unpaired) electrons. The Hall–Kier alpha value is -1.94. The lowest BCUT2D eigenvalue weighted by Crippen LogP contribution is -2.30. The fourth-order valence-electron chi connectivity index (χ4n) is 11.2. The molecule has 3 N–H and O–H groups in total. The van der Waals surface area contributed by atoms with Gasteiger partial charge in [-0.2, -0.15) is 0 Å². The normalized spacial score (nSPS) is 14.2. The van der Waals surface area contributed by atoms with Gasteiger partial charge >= 0.3 is 39.5 Å². The molecule has 552 valence electrons. The second kappa shape index (κ2) is 63.5. The van der Waals surface area contributed by atoms with Crippen molar-refractivity contribution in [2.45, 2.75) is 388 Å². The minimum atomic E-state index is -4.96. The van der Waals surface area contributed by atoms with E-state index in [9.17, 15) is 43.2 Å². The smallest absolute Gasteiger partial charge is 0.462 e. The van der Waals surface area contributed by atoms with Crippen LogP contribution in [-0.4, -0.2) is 96.7 Å². The van der Waals surface area contributed by atoms with Crippen molar-refractivity contribution in [1.29, 1.82) is 0 Å². The van der Waals surface area contributed by atoms with Gasteiger partial charge in [0.25, 0.3) is 0 Å². The highest BCUT2D eigenvalue weighted by Crippen LogP contribution is 2.45. The van der Waals surface area contributed by atoms with Gasteiger partial charge in [-0.3, -0.25) is 37.3 Å². The standard InChI is InChI=1S/C74H144O17P2/c1-64(2)50-42-34-26-21-17-13-11-9-10-12-14-20-24-30-40-48-56-73(78)90-69(60-84-71(76)54-46-38-29-23-19-16-15-18-22-27-35-43-51-65(3)4)62-88-92(80,81)86-58-68(75)59-87-93(82,83)89-63-70(91-74(79)57-49-41-33-32-37-45-53-67(7)8)61-85-72(77)55-47-39-31-25-28-36-44-52-66(5)6/h64-70,75H,9-63H2,1-8H3,(H,80,81)(H,82,83)/t68?,69-,70-/m1/s1. The van der Waals surface area contributed by atoms with Gasteiger partial charge in [-0.1, -0.05) is 319 Å². The number of carbonyl (C=O) groups excluding carboxylic acids is 4. The lowest BCUT2D eigenvalue weighted by Gasteiger charge is -2.21. The fourth-order valence-corrected chi connectivity index (χ4v) is 12.8. The second-order valence-electron chi connectivity index (χ2n) is 28.6. The molecule has 0 saturated heterocycles. The number of hydrogen-bond acceptors (Lipinski definition) is 15. The Kier molecular flexibility index (Phi) is 62.2. The Balaban J connectivity index is 5.21. The lowest BCUT2D eigenvalue weighted by molar-refractivity contribution is -0.161. The number of aliphatic hydroxyl groups is 1. The summed E-state index contributed by atoms with van der Waals surface area (Å²) in [4.78, 5) is 72.6. The molecule has 0 aromatic carbocycles. The van der Waals surface area contributed by atoms with Gasteiger partial charge in [0, 0.05) is 25.7 Å². The summed E-state index contributed by atoms with van der Waals surface area (Å²) >= 11 is 0. The van der Waals surface area contributed by atoms with E-state index in [1.165, 1.54) is 167 Å². The van der Waals surface area contributed by atoms with Gasteiger partial charge in [-0.15, -0.1) is 0 Å². The first-order chi connectivity index (χ1) is 44.6. The minimum Gasteiger partial charge on any atom is -0.462 e. The van der Waals surface area contributed by atoms with Crippen LogP contribution in [0.3, 0.4) is 0 Å². The second-order valence-corrected chi connectivity index (χ2v) is 31.5. The molecule has 0 aromatic heterocycles. The predicted octanol–water partition coefficient (Wildman–Crippen LogP) is 21.3. The van der Waals surface area contributed by atoms with Crippen LogP contribution in [0, 0.1) is 23.7 Å². The van der Waals surface area contributed by atoms with Gasteiger partial charge < -0.3 is 33.8 Å². The van der Waals surface area contributed by atoms with Gasteiger partial charge in [0.05, 0.1) is 26.4 Å².